The van der Waals surface area contributed by atoms with Crippen LogP contribution < -0.4 is 0 Å². The molecule has 0 saturated heterocycles. The van der Waals surface area contributed by atoms with Crippen molar-refractivity contribution < 1.29 is 9.90 Å². The normalized spacial score (nSPS) is 10.0. The summed E-state index contributed by atoms with van der Waals surface area (Å²) in [7, 11) is 0. The molecule has 0 fully saturated rings. The third-order valence-corrected chi connectivity index (χ3v) is 1.97. The van der Waals surface area contributed by atoms with Crippen LogP contribution in [0.1, 0.15) is 5.69 Å². The second-order valence-electron chi connectivity index (χ2n) is 3.21. The lowest BCUT2D eigenvalue weighted by Crippen LogP contribution is -2.03. The molecular weight excluding hydrogens is 206 g/mol. The van der Waals surface area contributed by atoms with Crippen LogP contribution in [-0.4, -0.2) is 26.0 Å². The maximum Gasteiger partial charge on any atom is 0.309 e. The first-order valence-corrected chi connectivity index (χ1v) is 4.69. The molecule has 0 saturated carbocycles. The van der Waals surface area contributed by atoms with E-state index in [9.17, 15) is 4.79 Å². The van der Waals surface area contributed by atoms with Crippen molar-refractivity contribution in [3.05, 3.63) is 42.6 Å². The quantitative estimate of drug-likeness (QED) is 0.831. The van der Waals surface area contributed by atoms with Gasteiger partial charge in [0, 0.05) is 24.2 Å². The summed E-state index contributed by atoms with van der Waals surface area (Å²) in [6, 6.07) is 3.64. The van der Waals surface area contributed by atoms with Gasteiger partial charge >= 0.3 is 5.97 Å². The van der Waals surface area contributed by atoms with Crippen LogP contribution in [0.5, 0.6) is 0 Å². The van der Waals surface area contributed by atoms with Crippen LogP contribution in [0.25, 0.3) is 11.3 Å². The lowest BCUT2D eigenvalue weighted by atomic mass is 10.2. The van der Waals surface area contributed by atoms with Gasteiger partial charge in [0.15, 0.2) is 0 Å². The van der Waals surface area contributed by atoms with Gasteiger partial charge in [-0.25, -0.2) is 4.98 Å². The fourth-order valence-corrected chi connectivity index (χ4v) is 1.30. The van der Waals surface area contributed by atoms with Crippen LogP contribution >= 0.6 is 0 Å². The molecule has 0 radical (unpaired) electrons. The van der Waals surface area contributed by atoms with Gasteiger partial charge in [-0.15, -0.1) is 0 Å². The fourth-order valence-electron chi connectivity index (χ4n) is 1.30. The zero-order valence-electron chi connectivity index (χ0n) is 8.37. The van der Waals surface area contributed by atoms with Gasteiger partial charge in [0.2, 0.25) is 0 Å². The Labute approximate surface area is 91.8 Å². The van der Waals surface area contributed by atoms with Crippen molar-refractivity contribution >= 4 is 5.97 Å². The predicted octanol–water partition coefficient (Wildman–Crippen LogP) is 1.17. The van der Waals surface area contributed by atoms with E-state index < -0.39 is 5.97 Å². The molecule has 2 aromatic rings. The SMILES string of the molecule is O=C(O)Cc1cncc(-c2cccnc2)n1. The van der Waals surface area contributed by atoms with Crippen LogP contribution in [0.4, 0.5) is 0 Å². The minimum atomic E-state index is -0.919. The van der Waals surface area contributed by atoms with E-state index in [1.807, 2.05) is 6.07 Å². The monoisotopic (exact) mass is 215 g/mol. The number of aliphatic carboxylic acids is 1. The highest BCUT2D eigenvalue weighted by Gasteiger charge is 2.05. The van der Waals surface area contributed by atoms with Gasteiger partial charge in [0.25, 0.3) is 0 Å². The van der Waals surface area contributed by atoms with Crippen molar-refractivity contribution in [1.82, 2.24) is 15.0 Å². The molecule has 0 spiro atoms. The topological polar surface area (TPSA) is 76.0 Å². The Hall–Kier alpha value is -2.30. The molecule has 0 unspecified atom stereocenters. The number of pyridine rings is 1. The summed E-state index contributed by atoms with van der Waals surface area (Å²) in [6.45, 7) is 0. The third-order valence-electron chi connectivity index (χ3n) is 1.97. The minimum Gasteiger partial charge on any atom is -0.481 e. The molecule has 0 aliphatic heterocycles. The molecule has 1 N–H and O–H groups in total. The van der Waals surface area contributed by atoms with Crippen molar-refractivity contribution in [3.63, 3.8) is 0 Å². The number of aromatic nitrogens is 3. The van der Waals surface area contributed by atoms with Gasteiger partial charge in [0.05, 0.1) is 24.0 Å². The van der Waals surface area contributed by atoms with Gasteiger partial charge in [-0.2, -0.15) is 0 Å². The summed E-state index contributed by atoms with van der Waals surface area (Å²) in [5.74, 6) is -0.919. The molecule has 0 aliphatic carbocycles. The molecule has 80 valence electrons. The van der Waals surface area contributed by atoms with Crippen LogP contribution in [0.2, 0.25) is 0 Å². The zero-order chi connectivity index (χ0) is 11.4. The van der Waals surface area contributed by atoms with Gasteiger partial charge < -0.3 is 5.11 Å². The third kappa shape index (κ3) is 2.38. The largest absolute Gasteiger partial charge is 0.481 e. The molecule has 2 aromatic heterocycles. The molecule has 2 heterocycles. The van der Waals surface area contributed by atoms with Crippen LogP contribution in [0.15, 0.2) is 36.9 Å². The van der Waals surface area contributed by atoms with E-state index in [4.69, 9.17) is 5.11 Å². The first-order valence-electron chi connectivity index (χ1n) is 4.69. The van der Waals surface area contributed by atoms with Crippen molar-refractivity contribution in [1.29, 1.82) is 0 Å². The van der Waals surface area contributed by atoms with E-state index in [1.54, 1.807) is 24.7 Å². The molecule has 0 atom stereocenters. The Morgan fingerprint density at radius 1 is 1.25 bits per heavy atom. The first kappa shape index (κ1) is 10.2. The Kier molecular flexibility index (Phi) is 2.86. The number of nitrogens with zero attached hydrogens (tertiary/aromatic N) is 3. The van der Waals surface area contributed by atoms with Crippen molar-refractivity contribution in [2.45, 2.75) is 6.42 Å². The predicted molar refractivity (Wildman–Crippen MR) is 56.6 cm³/mol. The summed E-state index contributed by atoms with van der Waals surface area (Å²) >= 11 is 0. The highest BCUT2D eigenvalue weighted by Crippen LogP contribution is 2.14. The van der Waals surface area contributed by atoms with Crippen LogP contribution in [0, 0.1) is 0 Å². The fraction of sp³-hybridized carbons (Fsp3) is 0.0909. The van der Waals surface area contributed by atoms with Gasteiger partial charge in [-0.3, -0.25) is 14.8 Å². The van der Waals surface area contributed by atoms with E-state index >= 15 is 0 Å². The maximum atomic E-state index is 10.5. The molecule has 16 heavy (non-hydrogen) atoms. The molecule has 5 nitrogen and oxygen atoms in total. The Morgan fingerprint density at radius 2 is 2.12 bits per heavy atom. The number of carbonyl (C=O) groups is 1. The highest BCUT2D eigenvalue weighted by atomic mass is 16.4. The molecule has 0 bridgehead atoms. The van der Waals surface area contributed by atoms with E-state index in [-0.39, 0.29) is 6.42 Å². The number of carboxylic acids is 1. The summed E-state index contributed by atoms with van der Waals surface area (Å²) in [5.41, 5.74) is 1.89. The Bertz CT molecular complexity index is 500. The van der Waals surface area contributed by atoms with E-state index in [2.05, 4.69) is 15.0 Å². The van der Waals surface area contributed by atoms with E-state index in [1.165, 1.54) is 6.20 Å². The second kappa shape index (κ2) is 4.48. The number of hydrogen-bond acceptors (Lipinski definition) is 4. The molecule has 0 aliphatic rings. The maximum absolute atomic E-state index is 10.5. The van der Waals surface area contributed by atoms with Crippen LogP contribution in [-0.2, 0) is 11.2 Å². The second-order valence-corrected chi connectivity index (χ2v) is 3.21. The van der Waals surface area contributed by atoms with Crippen molar-refractivity contribution in [2.24, 2.45) is 0 Å². The number of hydrogen-bond donors (Lipinski definition) is 1. The van der Waals surface area contributed by atoms with Gasteiger partial charge in [-0.05, 0) is 12.1 Å². The Balaban J connectivity index is 2.33. The average molecular weight is 215 g/mol. The van der Waals surface area contributed by atoms with Crippen molar-refractivity contribution in [2.75, 3.05) is 0 Å². The minimum absolute atomic E-state index is 0.124. The molecule has 5 heteroatoms. The molecule has 2 rings (SSSR count). The van der Waals surface area contributed by atoms with Crippen LogP contribution in [0.3, 0.4) is 0 Å². The van der Waals surface area contributed by atoms with Gasteiger partial charge in [0.1, 0.15) is 0 Å². The van der Waals surface area contributed by atoms with E-state index in [0.717, 1.165) is 5.56 Å². The average Bonchev–Trinajstić information content (AvgIpc) is 2.30. The Morgan fingerprint density at radius 3 is 2.81 bits per heavy atom. The summed E-state index contributed by atoms with van der Waals surface area (Å²) in [6.07, 6.45) is 6.24. The molecule has 0 amide bonds. The zero-order valence-corrected chi connectivity index (χ0v) is 8.37. The summed E-state index contributed by atoms with van der Waals surface area (Å²) in [5, 5.41) is 8.65. The molecule has 0 aromatic carbocycles. The number of carboxylic acid groups (broad SMARTS) is 1. The number of rotatable bonds is 3. The first-order chi connectivity index (χ1) is 7.75. The lowest BCUT2D eigenvalue weighted by Gasteiger charge is -2.01. The summed E-state index contributed by atoms with van der Waals surface area (Å²) < 4.78 is 0. The van der Waals surface area contributed by atoms with Crippen molar-refractivity contribution in [3.8, 4) is 11.3 Å². The smallest absolute Gasteiger partial charge is 0.309 e. The highest BCUT2D eigenvalue weighted by molar-refractivity contribution is 5.69. The standard InChI is InChI=1S/C11H9N3O2/c15-11(16)4-9-6-13-7-10(14-9)8-2-1-3-12-5-8/h1-3,5-7H,4H2,(H,15,16). The van der Waals surface area contributed by atoms with E-state index in [0.29, 0.717) is 11.4 Å². The molecular formula is C11H9N3O2. The lowest BCUT2D eigenvalue weighted by molar-refractivity contribution is -0.136. The van der Waals surface area contributed by atoms with Gasteiger partial charge in [-0.1, -0.05) is 0 Å². The summed E-state index contributed by atoms with van der Waals surface area (Å²) in [4.78, 5) is 22.7.